The number of hydrogen-bond donors (Lipinski definition) is 1. The van der Waals surface area contributed by atoms with Gasteiger partial charge in [-0.2, -0.15) is 0 Å². The summed E-state index contributed by atoms with van der Waals surface area (Å²) in [4.78, 5) is 26.0. The molecule has 1 aliphatic rings. The number of hydrogen-bond acceptors (Lipinski definition) is 8. The van der Waals surface area contributed by atoms with E-state index in [4.69, 9.17) is 32.9 Å². The van der Waals surface area contributed by atoms with Crippen LogP contribution in [0.25, 0.3) is 0 Å². The second-order valence-electron chi connectivity index (χ2n) is 27.8. The molecule has 0 radical (unpaired) electrons. The molecule has 2 N–H and O–H groups in total. The van der Waals surface area contributed by atoms with Crippen molar-refractivity contribution in [3.63, 3.8) is 0 Å². The van der Waals surface area contributed by atoms with E-state index in [0.717, 1.165) is 6.42 Å². The van der Waals surface area contributed by atoms with Crippen LogP contribution in [-0.2, 0) is 32.0 Å². The normalized spacial score (nSPS) is 23.8. The van der Waals surface area contributed by atoms with E-state index in [1.165, 1.54) is 5.57 Å². The Labute approximate surface area is 436 Å². The molecule has 0 unspecified atom stereocenters. The van der Waals surface area contributed by atoms with E-state index < -0.39 is 45.5 Å². The van der Waals surface area contributed by atoms with E-state index in [0.29, 0.717) is 6.42 Å². The molecular formula is C57H111NO8Si4. The summed E-state index contributed by atoms with van der Waals surface area (Å²) in [6, 6.07) is 0. The highest BCUT2D eigenvalue weighted by Gasteiger charge is 2.50. The highest BCUT2D eigenvalue weighted by molar-refractivity contribution is 6.75. The van der Waals surface area contributed by atoms with Crippen molar-refractivity contribution in [3.05, 3.63) is 48.6 Å². The number of allylic oxidation sites excluding steroid dienone is 3. The number of esters is 1. The molecule has 1 heterocycles. The van der Waals surface area contributed by atoms with Crippen molar-refractivity contribution in [2.45, 2.75) is 260 Å². The van der Waals surface area contributed by atoms with Gasteiger partial charge in [0.25, 0.3) is 0 Å². The number of primary amides is 1. The van der Waals surface area contributed by atoms with E-state index in [1.807, 2.05) is 19.1 Å². The molecule has 0 aromatic heterocycles. The van der Waals surface area contributed by atoms with Gasteiger partial charge in [0.2, 0.25) is 0 Å². The van der Waals surface area contributed by atoms with Gasteiger partial charge in [-0.25, -0.2) is 4.79 Å². The average Bonchev–Trinajstić information content (AvgIpc) is 3.17. The van der Waals surface area contributed by atoms with Crippen molar-refractivity contribution >= 4 is 45.3 Å². The van der Waals surface area contributed by atoms with Gasteiger partial charge in [0, 0.05) is 24.2 Å². The van der Waals surface area contributed by atoms with Crippen LogP contribution in [0.5, 0.6) is 0 Å². The molecule has 70 heavy (non-hydrogen) atoms. The van der Waals surface area contributed by atoms with Crippen LogP contribution in [0, 0.1) is 41.4 Å². The number of ether oxygens (including phenoxy) is 2. The van der Waals surface area contributed by atoms with Crippen molar-refractivity contribution in [1.29, 1.82) is 0 Å². The lowest BCUT2D eigenvalue weighted by atomic mass is 9.81. The van der Waals surface area contributed by atoms with Gasteiger partial charge in [-0.3, -0.25) is 4.79 Å². The molecule has 9 nitrogen and oxygen atoms in total. The highest BCUT2D eigenvalue weighted by Crippen LogP contribution is 2.45. The van der Waals surface area contributed by atoms with Gasteiger partial charge < -0.3 is 32.9 Å². The zero-order valence-electron chi connectivity index (χ0n) is 50.4. The zero-order valence-corrected chi connectivity index (χ0v) is 54.4. The lowest BCUT2D eigenvalue weighted by Gasteiger charge is -2.47. The van der Waals surface area contributed by atoms with Gasteiger partial charge in [-0.1, -0.05) is 173 Å². The van der Waals surface area contributed by atoms with Gasteiger partial charge in [0.1, 0.15) is 12.2 Å². The highest BCUT2D eigenvalue weighted by atomic mass is 28.4. The summed E-state index contributed by atoms with van der Waals surface area (Å²) in [7, 11) is -8.99. The summed E-state index contributed by atoms with van der Waals surface area (Å²) >= 11 is 0. The van der Waals surface area contributed by atoms with Crippen molar-refractivity contribution in [3.8, 4) is 0 Å². The molecule has 408 valence electrons. The Balaban J connectivity index is 3.87. The number of cyclic esters (lactones) is 1. The molecule has 0 spiro atoms. The molecule has 1 fully saturated rings. The second kappa shape index (κ2) is 25.3. The van der Waals surface area contributed by atoms with Crippen molar-refractivity contribution < 1.29 is 36.8 Å². The van der Waals surface area contributed by atoms with Gasteiger partial charge in [-0.15, -0.1) is 0 Å². The maximum atomic E-state index is 13.6. The van der Waals surface area contributed by atoms with Gasteiger partial charge in [0.05, 0.1) is 30.3 Å². The summed E-state index contributed by atoms with van der Waals surface area (Å²) in [5, 5.41) is -0.0310. The minimum absolute atomic E-state index is 0.00252. The number of amides is 1. The molecule has 0 aromatic rings. The van der Waals surface area contributed by atoms with E-state index >= 15 is 0 Å². The fourth-order valence-electron chi connectivity index (χ4n) is 8.60. The van der Waals surface area contributed by atoms with Crippen LogP contribution in [-0.4, -0.2) is 82.0 Å². The first kappa shape index (κ1) is 66.4. The monoisotopic (exact) mass is 1050 g/mol. The quantitative estimate of drug-likeness (QED) is 0.0440. The molecule has 1 rings (SSSR count). The van der Waals surface area contributed by atoms with Crippen molar-refractivity contribution in [2.75, 3.05) is 0 Å². The van der Waals surface area contributed by atoms with E-state index in [1.54, 1.807) is 6.08 Å². The van der Waals surface area contributed by atoms with E-state index in [2.05, 4.69) is 209 Å². The largest absolute Gasteiger partial charge is 0.462 e. The maximum Gasteiger partial charge on any atom is 0.404 e. The van der Waals surface area contributed by atoms with Crippen molar-refractivity contribution in [1.82, 2.24) is 0 Å². The summed E-state index contributed by atoms with van der Waals surface area (Å²) in [6.07, 6.45) is 11.5. The van der Waals surface area contributed by atoms with Crippen LogP contribution in [0.2, 0.25) is 72.5 Å². The number of carbonyl (C=O) groups is 2. The SMILES string of the molecule is C=C/C=C\[C@H](C)[C@H](OC(N)=O)[C@@H](C)[C@H](O[Si](C)(C)C(C)(C)C)[C@@H](C)C/C(C)=C\[C@H](C)[C@@H](O[Si](C)(C)C(C)(C)C)[C@@H](C)/C=C\[C@H](C[C@@H]1OC(=O)[C@H](C)[C@@H](O[Si](C)(C)C(C)(C)C)[C@H]1C)O[Si](C)(C)C(C)(C)C. The summed E-state index contributed by atoms with van der Waals surface area (Å²) in [5.41, 5.74) is 6.98. The third kappa shape index (κ3) is 18.7. The minimum Gasteiger partial charge on any atom is -0.462 e. The predicted molar refractivity (Wildman–Crippen MR) is 308 cm³/mol. The molecule has 13 atom stereocenters. The number of nitrogens with two attached hydrogens (primary N) is 1. The van der Waals surface area contributed by atoms with E-state index in [-0.39, 0.29) is 98.1 Å². The third-order valence-corrected chi connectivity index (χ3v) is 35.4. The molecule has 0 bridgehead atoms. The first-order valence-electron chi connectivity index (χ1n) is 26.8. The summed E-state index contributed by atoms with van der Waals surface area (Å²) < 4.78 is 41.3. The minimum atomic E-state index is -2.27. The summed E-state index contributed by atoms with van der Waals surface area (Å²) in [6.45, 7) is 66.9. The topological polar surface area (TPSA) is 116 Å². The lowest BCUT2D eigenvalue weighted by molar-refractivity contribution is -0.177. The maximum absolute atomic E-state index is 13.6. The van der Waals surface area contributed by atoms with Crippen LogP contribution in [0.15, 0.2) is 48.6 Å². The Morgan fingerprint density at radius 2 is 1.11 bits per heavy atom. The fourth-order valence-corrected chi connectivity index (χ4v) is 14.3. The second-order valence-corrected chi connectivity index (χ2v) is 46.9. The number of rotatable bonds is 24. The standard InChI is InChI=1S/C57H111NO8Si4/c1-30-31-32-39(3)49(62-53(58)60)44(8)50(65-69(26,27)56(16,17)18)42(6)36-38(2)35-41(5)48(64-68(24,25)55(13,14)15)40(4)33-34-46(63-67(22,23)54(10,11)12)37-47-43(7)51(45(9)52(59)61-47)66-70(28,29)57(19,20)21/h30-35,39-51H,1,36-37H2,2-29H3,(H2,58,60)/b32-31-,34-33-,38-35-/t39-,40-,41-,42-,43-,44+,45+,46+,47-,48-,49-,50+,51-/m0/s1. The Hall–Kier alpha value is -1.59. The first-order valence-corrected chi connectivity index (χ1v) is 38.4. The molecular weight excluding hydrogens is 939 g/mol. The Kier molecular flexibility index (Phi) is 24.0. The van der Waals surface area contributed by atoms with Gasteiger partial charge in [0.15, 0.2) is 33.3 Å². The van der Waals surface area contributed by atoms with E-state index in [9.17, 15) is 9.59 Å². The Morgan fingerprint density at radius 3 is 1.56 bits per heavy atom. The van der Waals surface area contributed by atoms with Crippen LogP contribution >= 0.6 is 0 Å². The molecule has 1 amide bonds. The average molecular weight is 1050 g/mol. The van der Waals surface area contributed by atoms with Crippen LogP contribution in [0.3, 0.4) is 0 Å². The van der Waals surface area contributed by atoms with Crippen LogP contribution < -0.4 is 5.73 Å². The molecule has 0 aliphatic carbocycles. The molecule has 1 saturated heterocycles. The molecule has 0 saturated carbocycles. The Bertz CT molecular complexity index is 1780. The van der Waals surface area contributed by atoms with Crippen LogP contribution in [0.4, 0.5) is 4.79 Å². The predicted octanol–water partition coefficient (Wildman–Crippen LogP) is 16.4. The van der Waals surface area contributed by atoms with Crippen molar-refractivity contribution in [2.24, 2.45) is 47.2 Å². The smallest absolute Gasteiger partial charge is 0.404 e. The van der Waals surface area contributed by atoms with Gasteiger partial charge in [-0.05, 0) is 111 Å². The molecule has 0 aromatic carbocycles. The zero-order chi connectivity index (χ0) is 55.1. The number of carbonyl (C=O) groups excluding carboxylic acids is 2. The van der Waals surface area contributed by atoms with Crippen LogP contribution in [0.1, 0.15) is 151 Å². The molecule has 1 aliphatic heterocycles. The summed E-state index contributed by atoms with van der Waals surface area (Å²) in [5.74, 6) is -0.587. The lowest BCUT2D eigenvalue weighted by Crippen LogP contribution is -2.55. The first-order chi connectivity index (χ1) is 31.2. The third-order valence-electron chi connectivity index (χ3n) is 17.4. The molecule has 13 heteroatoms. The fraction of sp³-hybridized carbons (Fsp3) is 0.825. The van der Waals surface area contributed by atoms with Gasteiger partial charge >= 0.3 is 12.1 Å². The Morgan fingerprint density at radius 1 is 0.671 bits per heavy atom.